The molecular weight excluding hydrogens is 510 g/mol. The van der Waals surface area contributed by atoms with Gasteiger partial charge in [-0.2, -0.15) is 0 Å². The monoisotopic (exact) mass is 537 g/mol. The lowest BCUT2D eigenvalue weighted by Gasteiger charge is -2.42. The zero-order chi connectivity index (χ0) is 28.7. The third-order valence-corrected chi connectivity index (χ3v) is 6.22. The van der Waals surface area contributed by atoms with Crippen LogP contribution in [0, 0.1) is 0 Å². The average molecular weight is 538 g/mol. The first-order valence-electron chi connectivity index (χ1n) is 11.5. The van der Waals surface area contributed by atoms with E-state index in [1.54, 1.807) is 48.5 Å². The van der Waals surface area contributed by atoms with Crippen molar-refractivity contribution in [1.29, 1.82) is 0 Å². The van der Waals surface area contributed by atoms with Crippen molar-refractivity contribution >= 4 is 29.8 Å². The van der Waals surface area contributed by atoms with Crippen molar-refractivity contribution in [3.63, 3.8) is 0 Å². The van der Waals surface area contributed by atoms with Crippen LogP contribution in [0.3, 0.4) is 0 Å². The summed E-state index contributed by atoms with van der Waals surface area (Å²) in [6, 6.07) is 14.7. The molecule has 3 rings (SSSR count). The maximum Gasteiger partial charge on any atom is 0.354 e. The Morgan fingerprint density at radius 1 is 0.718 bits per heavy atom. The number of methoxy groups -OCH3 is 5. The summed E-state index contributed by atoms with van der Waals surface area (Å²) in [4.78, 5) is 68.0. The Balaban J connectivity index is 2.69. The molecule has 0 saturated heterocycles. The molecule has 1 aliphatic heterocycles. The molecule has 204 valence electrons. The molecule has 0 N–H and O–H groups in total. The number of nitrogens with zero attached hydrogens (tertiary/aromatic N) is 1. The summed E-state index contributed by atoms with van der Waals surface area (Å²) < 4.78 is 25.1. The smallest absolute Gasteiger partial charge is 0.354 e. The largest absolute Gasteiger partial charge is 0.467 e. The average Bonchev–Trinajstić information content (AvgIpc) is 3.31. The first-order valence-corrected chi connectivity index (χ1v) is 11.5. The van der Waals surface area contributed by atoms with Crippen molar-refractivity contribution in [2.45, 2.75) is 11.6 Å². The van der Waals surface area contributed by atoms with Gasteiger partial charge in [0.1, 0.15) is 5.70 Å². The number of carbonyl (C=O) groups is 5. The van der Waals surface area contributed by atoms with Crippen molar-refractivity contribution in [2.75, 3.05) is 35.5 Å². The van der Waals surface area contributed by atoms with Gasteiger partial charge < -0.3 is 28.6 Å². The fraction of sp³-hybridized carbons (Fsp3) is 0.250. The molecule has 11 nitrogen and oxygen atoms in total. The predicted molar refractivity (Wildman–Crippen MR) is 134 cm³/mol. The van der Waals surface area contributed by atoms with E-state index in [4.69, 9.17) is 23.7 Å². The normalized spacial score (nSPS) is 18.7. The van der Waals surface area contributed by atoms with Crippen LogP contribution in [-0.2, 0) is 53.2 Å². The summed E-state index contributed by atoms with van der Waals surface area (Å²) >= 11 is 0. The Labute approximate surface area is 224 Å². The van der Waals surface area contributed by atoms with Crippen LogP contribution in [0.15, 0.2) is 83.6 Å². The maximum atomic E-state index is 14.0. The highest BCUT2D eigenvalue weighted by Crippen LogP contribution is 2.55. The number of hydrogen-bond acceptors (Lipinski definition) is 11. The number of carbonyl (C=O) groups excluding carboxylic acids is 5. The van der Waals surface area contributed by atoms with Crippen molar-refractivity contribution < 1.29 is 47.7 Å². The second-order valence-electron chi connectivity index (χ2n) is 8.07. The lowest BCUT2D eigenvalue weighted by molar-refractivity contribution is -0.157. The van der Waals surface area contributed by atoms with Gasteiger partial charge in [-0.25, -0.2) is 24.0 Å². The van der Waals surface area contributed by atoms with Crippen LogP contribution in [0.2, 0.25) is 0 Å². The minimum absolute atomic E-state index is 0.122. The summed E-state index contributed by atoms with van der Waals surface area (Å²) in [5.41, 5.74) is -3.14. The zero-order valence-corrected chi connectivity index (χ0v) is 22.0. The molecule has 1 aliphatic rings. The highest BCUT2D eigenvalue weighted by molar-refractivity contribution is 6.11. The van der Waals surface area contributed by atoms with Gasteiger partial charge in [0.25, 0.3) is 0 Å². The Hall–Kier alpha value is -4.93. The molecular formula is C28H27NO10. The fourth-order valence-electron chi connectivity index (χ4n) is 4.66. The molecule has 0 amide bonds. The molecule has 39 heavy (non-hydrogen) atoms. The van der Waals surface area contributed by atoms with E-state index in [1.165, 1.54) is 12.1 Å². The molecule has 0 fully saturated rings. The molecule has 0 radical (unpaired) electrons. The van der Waals surface area contributed by atoms with Crippen LogP contribution in [-0.4, -0.2) is 70.3 Å². The number of rotatable bonds is 8. The van der Waals surface area contributed by atoms with Crippen molar-refractivity contribution in [2.24, 2.45) is 0 Å². The van der Waals surface area contributed by atoms with Gasteiger partial charge in [-0.1, -0.05) is 60.7 Å². The lowest BCUT2D eigenvalue weighted by Crippen LogP contribution is -2.53. The molecule has 2 aromatic carbocycles. The summed E-state index contributed by atoms with van der Waals surface area (Å²) in [7, 11) is 5.41. The molecule has 0 saturated carbocycles. The minimum Gasteiger partial charge on any atom is -0.467 e. The van der Waals surface area contributed by atoms with Crippen LogP contribution in [0.25, 0.3) is 0 Å². The van der Waals surface area contributed by atoms with E-state index in [9.17, 15) is 24.0 Å². The molecule has 0 spiro atoms. The molecule has 11 heteroatoms. The van der Waals surface area contributed by atoms with Gasteiger partial charge in [0.15, 0.2) is 5.54 Å². The van der Waals surface area contributed by atoms with Gasteiger partial charge in [0.2, 0.25) is 0 Å². The summed E-state index contributed by atoms with van der Waals surface area (Å²) in [5, 5.41) is 0. The van der Waals surface area contributed by atoms with Crippen LogP contribution >= 0.6 is 0 Å². The van der Waals surface area contributed by atoms with E-state index >= 15 is 0 Å². The van der Waals surface area contributed by atoms with E-state index in [1.807, 2.05) is 0 Å². The van der Waals surface area contributed by atoms with Gasteiger partial charge in [0, 0.05) is 0 Å². The van der Waals surface area contributed by atoms with E-state index in [0.29, 0.717) is 5.56 Å². The first kappa shape index (κ1) is 28.6. The van der Waals surface area contributed by atoms with Crippen LogP contribution in [0.4, 0.5) is 0 Å². The molecule has 0 aliphatic carbocycles. The van der Waals surface area contributed by atoms with Crippen molar-refractivity contribution in [1.82, 2.24) is 4.90 Å². The van der Waals surface area contributed by atoms with E-state index < -0.39 is 52.7 Å². The zero-order valence-electron chi connectivity index (χ0n) is 22.0. The molecule has 0 bridgehead atoms. The predicted octanol–water partition coefficient (Wildman–Crippen LogP) is 1.98. The van der Waals surface area contributed by atoms with E-state index in [-0.39, 0.29) is 11.1 Å². The third kappa shape index (κ3) is 4.86. The molecule has 0 aromatic heterocycles. The molecule has 0 unspecified atom stereocenters. The van der Waals surface area contributed by atoms with Gasteiger partial charge in [0.05, 0.1) is 58.8 Å². The first-order chi connectivity index (χ1) is 18.7. The Bertz CT molecular complexity index is 1330. The summed E-state index contributed by atoms with van der Waals surface area (Å²) in [6.07, 6.45) is 0.803. The van der Waals surface area contributed by atoms with Crippen LogP contribution in [0.5, 0.6) is 0 Å². The number of ether oxygens (including phenoxy) is 5. The number of benzene rings is 2. The van der Waals surface area contributed by atoms with Gasteiger partial charge in [-0.05, 0) is 11.1 Å². The molecule has 2 aromatic rings. The quantitative estimate of drug-likeness (QED) is 0.278. The highest BCUT2D eigenvalue weighted by atomic mass is 16.5. The fourth-order valence-corrected chi connectivity index (χ4v) is 4.66. The van der Waals surface area contributed by atoms with E-state index in [0.717, 1.165) is 46.5 Å². The van der Waals surface area contributed by atoms with E-state index in [2.05, 4.69) is 0 Å². The molecule has 1 heterocycles. The second kappa shape index (κ2) is 12.1. The minimum atomic E-state index is -2.33. The Kier molecular flexibility index (Phi) is 8.87. The summed E-state index contributed by atoms with van der Waals surface area (Å²) in [6.45, 7) is 0. The Morgan fingerprint density at radius 2 is 1.28 bits per heavy atom. The maximum absolute atomic E-state index is 14.0. The highest BCUT2D eigenvalue weighted by Gasteiger charge is 2.65. The topological polar surface area (TPSA) is 135 Å². The van der Waals surface area contributed by atoms with Crippen molar-refractivity contribution in [3.05, 3.63) is 94.7 Å². The van der Waals surface area contributed by atoms with Crippen molar-refractivity contribution in [3.8, 4) is 0 Å². The number of hydrogen-bond donors (Lipinski definition) is 0. The van der Waals surface area contributed by atoms with Gasteiger partial charge in [-0.3, -0.25) is 0 Å². The third-order valence-electron chi connectivity index (χ3n) is 6.22. The standard InChI is InChI=1S/C28H27NO10/c1-35-20(30)16-19(24(31)36-2)29-23(17-12-8-6-9-13-17)21(25(32)37-3)22(26(33)38-4)28(29,27(34)39-5)18-14-10-7-11-15-18/h6-16,23H,1-5H3/b19-16+/t23-,28-/m0/s1. The van der Waals surface area contributed by atoms with Gasteiger partial charge in [-0.15, -0.1) is 0 Å². The van der Waals surface area contributed by atoms with Gasteiger partial charge >= 0.3 is 29.8 Å². The van der Waals surface area contributed by atoms with Crippen LogP contribution < -0.4 is 0 Å². The Morgan fingerprint density at radius 3 is 1.77 bits per heavy atom. The van der Waals surface area contributed by atoms with Crippen LogP contribution in [0.1, 0.15) is 17.2 Å². The SMILES string of the molecule is COC(=O)/C=C(\C(=O)OC)N1[C@@H](c2ccccc2)C(C(=O)OC)=C(C(=O)OC)[C@]1(C(=O)OC)c1ccccc1. The number of esters is 5. The molecule has 2 atom stereocenters. The second-order valence-corrected chi connectivity index (χ2v) is 8.07. The summed E-state index contributed by atoms with van der Waals surface area (Å²) in [5.74, 6) is -5.16. The lowest BCUT2D eigenvalue weighted by atomic mass is 9.81.